The lowest BCUT2D eigenvalue weighted by Gasteiger charge is -2.11. The van der Waals surface area contributed by atoms with Crippen molar-refractivity contribution in [2.45, 2.75) is 18.9 Å². The first-order valence-electron chi connectivity index (χ1n) is 4.70. The topological polar surface area (TPSA) is 31.4 Å². The lowest BCUT2D eigenvalue weighted by atomic mass is 10.2. The van der Waals surface area contributed by atoms with Gasteiger partial charge in [0.25, 0.3) is 0 Å². The van der Waals surface area contributed by atoms with Crippen LogP contribution in [0.3, 0.4) is 0 Å². The van der Waals surface area contributed by atoms with Crippen molar-refractivity contribution in [3.63, 3.8) is 0 Å². The van der Waals surface area contributed by atoms with Gasteiger partial charge in [-0.25, -0.2) is 4.98 Å². The second kappa shape index (κ2) is 4.75. The fourth-order valence-corrected chi connectivity index (χ4v) is 1.78. The van der Waals surface area contributed by atoms with Gasteiger partial charge in [0, 0.05) is 18.9 Å². The summed E-state index contributed by atoms with van der Waals surface area (Å²) in [5.74, 6) is 0.836. The Bertz CT molecular complexity index is 300. The Labute approximate surface area is 91.6 Å². The molecule has 0 amide bonds. The van der Waals surface area contributed by atoms with Crippen molar-refractivity contribution in [1.29, 1.82) is 0 Å². The van der Waals surface area contributed by atoms with Crippen LogP contribution >= 0.6 is 15.9 Å². The summed E-state index contributed by atoms with van der Waals surface area (Å²) in [6, 6.07) is 3.70. The molecule has 2 heterocycles. The zero-order chi connectivity index (χ0) is 9.80. The Morgan fingerprint density at radius 2 is 2.57 bits per heavy atom. The predicted molar refractivity (Wildman–Crippen MR) is 56.4 cm³/mol. The van der Waals surface area contributed by atoms with E-state index in [1.165, 1.54) is 0 Å². The van der Waals surface area contributed by atoms with Gasteiger partial charge in [0.15, 0.2) is 0 Å². The van der Waals surface area contributed by atoms with Crippen molar-refractivity contribution in [3.8, 4) is 5.75 Å². The fourth-order valence-electron chi connectivity index (χ4n) is 1.44. The Balaban J connectivity index is 1.85. The van der Waals surface area contributed by atoms with Crippen LogP contribution in [0, 0.1) is 0 Å². The Morgan fingerprint density at radius 3 is 3.29 bits per heavy atom. The standard InChI is InChI=1S/C10H12BrNO2/c11-10-6-8(3-4-12-10)14-7-9-2-1-5-13-9/h3-4,6,9H,1-2,5,7H2. The molecule has 0 spiro atoms. The van der Waals surface area contributed by atoms with E-state index in [2.05, 4.69) is 20.9 Å². The minimum Gasteiger partial charge on any atom is -0.491 e. The van der Waals surface area contributed by atoms with E-state index in [0.717, 1.165) is 29.8 Å². The quantitative estimate of drug-likeness (QED) is 0.780. The normalized spacial score (nSPS) is 21.1. The van der Waals surface area contributed by atoms with Gasteiger partial charge >= 0.3 is 0 Å². The predicted octanol–water partition coefficient (Wildman–Crippen LogP) is 2.40. The Morgan fingerprint density at radius 1 is 1.64 bits per heavy atom. The first-order valence-corrected chi connectivity index (χ1v) is 5.50. The van der Waals surface area contributed by atoms with Gasteiger partial charge in [-0.3, -0.25) is 0 Å². The maximum atomic E-state index is 5.58. The largest absolute Gasteiger partial charge is 0.491 e. The van der Waals surface area contributed by atoms with Crippen LogP contribution in [-0.2, 0) is 4.74 Å². The van der Waals surface area contributed by atoms with E-state index < -0.39 is 0 Å². The molecule has 0 bridgehead atoms. The van der Waals surface area contributed by atoms with Crippen LogP contribution < -0.4 is 4.74 Å². The summed E-state index contributed by atoms with van der Waals surface area (Å²) in [5.41, 5.74) is 0. The van der Waals surface area contributed by atoms with Gasteiger partial charge in [-0.15, -0.1) is 0 Å². The molecular formula is C10H12BrNO2. The number of aromatic nitrogens is 1. The summed E-state index contributed by atoms with van der Waals surface area (Å²) in [6.07, 6.45) is 4.23. The third-order valence-corrected chi connectivity index (χ3v) is 2.59. The maximum absolute atomic E-state index is 5.58. The van der Waals surface area contributed by atoms with Crippen molar-refractivity contribution in [2.75, 3.05) is 13.2 Å². The lowest BCUT2D eigenvalue weighted by molar-refractivity contribution is 0.0679. The number of pyridine rings is 1. The number of rotatable bonds is 3. The van der Waals surface area contributed by atoms with E-state index in [-0.39, 0.29) is 6.10 Å². The van der Waals surface area contributed by atoms with Gasteiger partial charge in [-0.1, -0.05) is 0 Å². The van der Waals surface area contributed by atoms with Crippen LogP contribution in [-0.4, -0.2) is 24.3 Å². The van der Waals surface area contributed by atoms with Gasteiger partial charge in [-0.2, -0.15) is 0 Å². The summed E-state index contributed by atoms with van der Waals surface area (Å²) < 4.78 is 11.8. The molecule has 1 aromatic heterocycles. The molecular weight excluding hydrogens is 246 g/mol. The molecule has 0 aromatic carbocycles. The maximum Gasteiger partial charge on any atom is 0.123 e. The summed E-state index contributed by atoms with van der Waals surface area (Å²) >= 11 is 3.29. The molecule has 1 fully saturated rings. The summed E-state index contributed by atoms with van der Waals surface area (Å²) in [6.45, 7) is 1.50. The van der Waals surface area contributed by atoms with E-state index in [1.54, 1.807) is 6.20 Å². The highest BCUT2D eigenvalue weighted by atomic mass is 79.9. The number of hydrogen-bond donors (Lipinski definition) is 0. The van der Waals surface area contributed by atoms with E-state index in [0.29, 0.717) is 6.61 Å². The third-order valence-electron chi connectivity index (χ3n) is 2.16. The molecule has 0 aliphatic carbocycles. The zero-order valence-electron chi connectivity index (χ0n) is 7.78. The summed E-state index contributed by atoms with van der Waals surface area (Å²) in [4.78, 5) is 4.03. The van der Waals surface area contributed by atoms with Gasteiger partial charge < -0.3 is 9.47 Å². The van der Waals surface area contributed by atoms with Crippen molar-refractivity contribution >= 4 is 15.9 Å². The highest BCUT2D eigenvalue weighted by Gasteiger charge is 2.15. The molecule has 14 heavy (non-hydrogen) atoms. The van der Waals surface area contributed by atoms with Crippen LogP contribution in [0.1, 0.15) is 12.8 Å². The first-order chi connectivity index (χ1) is 6.84. The molecule has 1 aliphatic rings. The Hall–Kier alpha value is -0.610. The third kappa shape index (κ3) is 2.69. The van der Waals surface area contributed by atoms with Crippen LogP contribution in [0.5, 0.6) is 5.75 Å². The smallest absolute Gasteiger partial charge is 0.123 e. The molecule has 1 saturated heterocycles. The molecule has 0 N–H and O–H groups in total. The van der Waals surface area contributed by atoms with Gasteiger partial charge in [-0.05, 0) is 34.8 Å². The molecule has 3 nitrogen and oxygen atoms in total. The van der Waals surface area contributed by atoms with E-state index in [9.17, 15) is 0 Å². The fraction of sp³-hybridized carbons (Fsp3) is 0.500. The van der Waals surface area contributed by atoms with Crippen LogP contribution in [0.15, 0.2) is 22.9 Å². The molecule has 0 saturated carbocycles. The second-order valence-corrected chi connectivity index (χ2v) is 4.07. The molecule has 2 rings (SSSR count). The van der Waals surface area contributed by atoms with Gasteiger partial charge in [0.2, 0.25) is 0 Å². The van der Waals surface area contributed by atoms with Crippen molar-refractivity contribution < 1.29 is 9.47 Å². The number of hydrogen-bond acceptors (Lipinski definition) is 3. The molecule has 1 atom stereocenters. The number of halogens is 1. The highest BCUT2D eigenvalue weighted by molar-refractivity contribution is 9.10. The monoisotopic (exact) mass is 257 g/mol. The van der Waals surface area contributed by atoms with E-state index in [1.807, 2.05) is 12.1 Å². The average molecular weight is 258 g/mol. The Kier molecular flexibility index (Phi) is 3.37. The lowest BCUT2D eigenvalue weighted by Crippen LogP contribution is -2.16. The van der Waals surface area contributed by atoms with Crippen LogP contribution in [0.2, 0.25) is 0 Å². The average Bonchev–Trinajstić information content (AvgIpc) is 2.67. The van der Waals surface area contributed by atoms with Crippen LogP contribution in [0.25, 0.3) is 0 Å². The molecule has 1 aliphatic heterocycles. The minimum absolute atomic E-state index is 0.266. The van der Waals surface area contributed by atoms with E-state index >= 15 is 0 Å². The minimum atomic E-state index is 0.266. The second-order valence-electron chi connectivity index (χ2n) is 3.26. The SMILES string of the molecule is Brc1cc(OCC2CCCO2)ccn1. The molecule has 1 unspecified atom stereocenters. The van der Waals surface area contributed by atoms with Gasteiger partial charge in [0.1, 0.15) is 17.0 Å². The number of ether oxygens (including phenoxy) is 2. The number of nitrogens with zero attached hydrogens (tertiary/aromatic N) is 1. The highest BCUT2D eigenvalue weighted by Crippen LogP contribution is 2.17. The van der Waals surface area contributed by atoms with E-state index in [4.69, 9.17) is 9.47 Å². The molecule has 76 valence electrons. The van der Waals surface area contributed by atoms with Crippen molar-refractivity contribution in [3.05, 3.63) is 22.9 Å². The molecule has 4 heteroatoms. The molecule has 1 aromatic rings. The van der Waals surface area contributed by atoms with Gasteiger partial charge in [0.05, 0.1) is 6.10 Å². The summed E-state index contributed by atoms with van der Waals surface area (Å²) in [5, 5.41) is 0. The first kappa shape index (κ1) is 9.93. The zero-order valence-corrected chi connectivity index (χ0v) is 9.37. The summed E-state index contributed by atoms with van der Waals surface area (Å²) in [7, 11) is 0. The van der Waals surface area contributed by atoms with Crippen molar-refractivity contribution in [2.24, 2.45) is 0 Å². The van der Waals surface area contributed by atoms with Crippen LogP contribution in [0.4, 0.5) is 0 Å². The van der Waals surface area contributed by atoms with Crippen molar-refractivity contribution in [1.82, 2.24) is 4.98 Å². The molecule has 0 radical (unpaired) electrons.